The average Bonchev–Trinajstić information content (AvgIpc) is 3.01. The van der Waals surface area contributed by atoms with Crippen molar-refractivity contribution in [3.8, 4) is 0 Å². The number of hydrogen-bond donors (Lipinski definition) is 1. The fourth-order valence-electron chi connectivity index (χ4n) is 1.69. The Kier molecular flexibility index (Phi) is 3.66. The van der Waals surface area contributed by atoms with E-state index in [1.807, 2.05) is 6.92 Å². The summed E-state index contributed by atoms with van der Waals surface area (Å²) in [4.78, 5) is 15.8. The Balaban J connectivity index is 2.13. The highest BCUT2D eigenvalue weighted by Crippen LogP contribution is 2.37. The van der Waals surface area contributed by atoms with Crippen LogP contribution in [0.15, 0.2) is 4.21 Å². The Morgan fingerprint density at radius 2 is 2.17 bits per heavy atom. The van der Waals surface area contributed by atoms with E-state index in [0.717, 1.165) is 24.2 Å². The summed E-state index contributed by atoms with van der Waals surface area (Å²) in [6.45, 7) is 3.42. The number of thiazole rings is 1. The molecule has 1 atom stereocenters. The van der Waals surface area contributed by atoms with Gasteiger partial charge in [0.2, 0.25) is 5.91 Å². The lowest BCUT2D eigenvalue weighted by molar-refractivity contribution is -0.119. The Morgan fingerprint density at radius 3 is 2.61 bits per heavy atom. The fourth-order valence-corrected chi connectivity index (χ4v) is 4.05. The molecule has 0 saturated heterocycles. The largest absolute Gasteiger partial charge is 0.302 e. The Hall–Kier alpha value is -0.660. The summed E-state index contributed by atoms with van der Waals surface area (Å²) in [5.74, 6) is 0.261. The summed E-state index contributed by atoms with van der Waals surface area (Å²) < 4.78 is 22.4. The molecule has 0 aliphatic heterocycles. The third kappa shape index (κ3) is 3.02. The smallest absolute Gasteiger partial charge is 0.272 e. The lowest BCUT2D eigenvalue weighted by Gasteiger charge is -2.08. The number of aromatic nitrogens is 1. The second kappa shape index (κ2) is 4.79. The quantitative estimate of drug-likeness (QED) is 0.866. The monoisotopic (exact) mass is 308 g/mol. The molecule has 0 radical (unpaired) electrons. The zero-order chi connectivity index (χ0) is 13.5. The summed E-state index contributed by atoms with van der Waals surface area (Å²) >= 11 is 0.881. The van der Waals surface area contributed by atoms with Gasteiger partial charge >= 0.3 is 0 Å². The van der Waals surface area contributed by atoms with Crippen molar-refractivity contribution in [3.63, 3.8) is 0 Å². The zero-order valence-corrected chi connectivity index (χ0v) is 12.3. The Labute approximate surface area is 114 Å². The number of carbonyl (C=O) groups excluding carboxylic acids is 1. The number of halogens is 1. The number of carbonyl (C=O) groups is 1. The molecule has 0 spiro atoms. The number of aryl methyl sites for hydroxylation is 1. The summed E-state index contributed by atoms with van der Waals surface area (Å²) in [6, 6.07) is 0. The van der Waals surface area contributed by atoms with E-state index in [9.17, 15) is 13.2 Å². The van der Waals surface area contributed by atoms with Crippen LogP contribution < -0.4 is 5.32 Å². The van der Waals surface area contributed by atoms with E-state index in [2.05, 4.69) is 10.3 Å². The van der Waals surface area contributed by atoms with Crippen LogP contribution in [0.3, 0.4) is 0 Å². The van der Waals surface area contributed by atoms with E-state index in [-0.39, 0.29) is 21.2 Å². The van der Waals surface area contributed by atoms with Gasteiger partial charge in [-0.05, 0) is 25.7 Å². The van der Waals surface area contributed by atoms with Crippen LogP contribution in [-0.2, 0) is 13.8 Å². The van der Waals surface area contributed by atoms with Crippen molar-refractivity contribution in [3.05, 3.63) is 5.69 Å². The van der Waals surface area contributed by atoms with E-state index >= 15 is 0 Å². The van der Waals surface area contributed by atoms with Gasteiger partial charge in [0.1, 0.15) is 0 Å². The van der Waals surface area contributed by atoms with Crippen LogP contribution in [0.1, 0.15) is 25.5 Å². The maximum absolute atomic E-state index is 11.8. The topological polar surface area (TPSA) is 76.1 Å². The highest BCUT2D eigenvalue weighted by Gasteiger charge is 2.33. The first kappa shape index (κ1) is 13.8. The molecule has 100 valence electrons. The van der Waals surface area contributed by atoms with Crippen LogP contribution in [0.2, 0.25) is 0 Å². The van der Waals surface area contributed by atoms with E-state index in [1.54, 1.807) is 6.92 Å². The molecular weight excluding hydrogens is 296 g/mol. The maximum atomic E-state index is 11.8. The molecule has 0 aromatic carbocycles. The number of nitrogens with one attached hydrogen (secondary N) is 1. The normalized spacial score (nSPS) is 17.5. The first-order valence-corrected chi connectivity index (χ1v) is 8.64. The summed E-state index contributed by atoms with van der Waals surface area (Å²) in [5.41, 5.74) is 0.310. The molecule has 1 heterocycles. The van der Waals surface area contributed by atoms with Gasteiger partial charge in [0, 0.05) is 16.6 Å². The highest BCUT2D eigenvalue weighted by atomic mass is 35.7. The average molecular weight is 309 g/mol. The summed E-state index contributed by atoms with van der Waals surface area (Å²) in [6.07, 6.45) is 2.15. The molecule has 1 saturated carbocycles. The molecule has 2 rings (SSSR count). The van der Waals surface area contributed by atoms with Gasteiger partial charge in [-0.3, -0.25) is 4.79 Å². The molecule has 1 amide bonds. The number of nitrogens with zero attached hydrogens (tertiary/aromatic N) is 1. The van der Waals surface area contributed by atoms with Crippen molar-refractivity contribution < 1.29 is 13.2 Å². The van der Waals surface area contributed by atoms with Crippen molar-refractivity contribution in [1.29, 1.82) is 0 Å². The van der Waals surface area contributed by atoms with Crippen LogP contribution >= 0.6 is 22.0 Å². The van der Waals surface area contributed by atoms with Crippen molar-refractivity contribution in [1.82, 2.24) is 4.98 Å². The molecule has 1 N–H and O–H groups in total. The van der Waals surface area contributed by atoms with E-state index in [4.69, 9.17) is 10.7 Å². The maximum Gasteiger partial charge on any atom is 0.272 e. The predicted molar refractivity (Wildman–Crippen MR) is 70.4 cm³/mol. The second-order valence-electron chi connectivity index (χ2n) is 4.45. The van der Waals surface area contributed by atoms with Gasteiger partial charge in [-0.15, -0.1) is 0 Å². The van der Waals surface area contributed by atoms with Crippen LogP contribution in [0.25, 0.3) is 0 Å². The molecular formula is C10H13ClN2O3S2. The molecule has 1 aliphatic carbocycles. The second-order valence-corrected chi connectivity index (χ2v) is 8.21. The Morgan fingerprint density at radius 1 is 1.56 bits per heavy atom. The molecule has 1 fully saturated rings. The van der Waals surface area contributed by atoms with Gasteiger partial charge in [0.15, 0.2) is 9.34 Å². The predicted octanol–water partition coefficient (Wildman–Crippen LogP) is 2.36. The van der Waals surface area contributed by atoms with Crippen molar-refractivity contribution in [2.45, 2.75) is 30.9 Å². The standard InChI is InChI=1S/C10H13ClN2O3S2/c1-5(7-3-4-7)8(14)13-10-12-6(2)9(17-10)18(11,15)16/h5,7H,3-4H2,1-2H3,(H,12,13,14). The highest BCUT2D eigenvalue weighted by molar-refractivity contribution is 8.15. The fraction of sp³-hybridized carbons (Fsp3) is 0.600. The third-order valence-corrected chi connectivity index (χ3v) is 6.20. The van der Waals surface area contributed by atoms with Gasteiger partial charge in [-0.1, -0.05) is 18.3 Å². The third-order valence-electron chi connectivity index (χ3n) is 2.95. The van der Waals surface area contributed by atoms with Crippen LogP contribution in [0, 0.1) is 18.8 Å². The molecule has 1 aromatic heterocycles. The lowest BCUT2D eigenvalue weighted by Crippen LogP contribution is -2.21. The lowest BCUT2D eigenvalue weighted by atomic mass is 10.1. The molecule has 1 unspecified atom stereocenters. The van der Waals surface area contributed by atoms with Crippen molar-refractivity contribution in [2.24, 2.45) is 11.8 Å². The first-order chi connectivity index (χ1) is 8.29. The molecule has 18 heavy (non-hydrogen) atoms. The van der Waals surface area contributed by atoms with Crippen LogP contribution in [0.5, 0.6) is 0 Å². The van der Waals surface area contributed by atoms with Crippen LogP contribution in [0.4, 0.5) is 5.13 Å². The van der Waals surface area contributed by atoms with E-state index in [1.165, 1.54) is 0 Å². The van der Waals surface area contributed by atoms with Gasteiger partial charge in [0.05, 0.1) is 5.69 Å². The van der Waals surface area contributed by atoms with Crippen molar-refractivity contribution >= 4 is 42.1 Å². The minimum Gasteiger partial charge on any atom is -0.302 e. The van der Waals surface area contributed by atoms with Gasteiger partial charge in [-0.25, -0.2) is 13.4 Å². The molecule has 0 bridgehead atoms. The number of amides is 1. The summed E-state index contributed by atoms with van der Waals surface area (Å²) in [7, 11) is 1.47. The minimum absolute atomic E-state index is 0.0152. The van der Waals surface area contributed by atoms with Crippen molar-refractivity contribution in [2.75, 3.05) is 5.32 Å². The van der Waals surface area contributed by atoms with E-state index < -0.39 is 9.05 Å². The molecule has 1 aromatic rings. The first-order valence-electron chi connectivity index (χ1n) is 5.52. The minimum atomic E-state index is -3.80. The SMILES string of the molecule is Cc1nc(NC(=O)C(C)C2CC2)sc1S(=O)(=O)Cl. The zero-order valence-electron chi connectivity index (χ0n) is 9.94. The number of rotatable bonds is 4. The molecule has 5 nitrogen and oxygen atoms in total. The summed E-state index contributed by atoms with van der Waals surface area (Å²) in [5, 5.41) is 2.92. The number of hydrogen-bond acceptors (Lipinski definition) is 5. The van der Waals surface area contributed by atoms with Gasteiger partial charge < -0.3 is 5.32 Å². The Bertz CT molecular complexity index is 578. The molecule has 1 aliphatic rings. The van der Waals surface area contributed by atoms with E-state index in [0.29, 0.717) is 11.6 Å². The van der Waals surface area contributed by atoms with Gasteiger partial charge in [0.25, 0.3) is 9.05 Å². The molecule has 8 heteroatoms. The van der Waals surface area contributed by atoms with Gasteiger partial charge in [-0.2, -0.15) is 0 Å². The number of anilines is 1. The van der Waals surface area contributed by atoms with Crippen LogP contribution in [-0.4, -0.2) is 19.3 Å².